The van der Waals surface area contributed by atoms with Crippen molar-refractivity contribution >= 4 is 6.29 Å². The maximum atomic E-state index is 10.6. The summed E-state index contributed by atoms with van der Waals surface area (Å²) in [5.74, 6) is 0. The maximum Gasteiger partial charge on any atom is 0.242 e. The van der Waals surface area contributed by atoms with Gasteiger partial charge in [-0.1, -0.05) is 56.2 Å². The van der Waals surface area contributed by atoms with Crippen LogP contribution in [0.1, 0.15) is 71.1 Å². The van der Waals surface area contributed by atoms with Crippen LogP contribution in [0.5, 0.6) is 0 Å². The molecule has 0 aliphatic heterocycles. The zero-order chi connectivity index (χ0) is 17.9. The minimum absolute atomic E-state index is 0.282. The van der Waals surface area contributed by atoms with E-state index < -0.39 is 0 Å². The lowest BCUT2D eigenvalue weighted by atomic mass is 10.1. The summed E-state index contributed by atoms with van der Waals surface area (Å²) in [5, 5.41) is 10.6. The number of aldehydes is 1. The summed E-state index contributed by atoms with van der Waals surface area (Å²) >= 11 is 0. The van der Waals surface area contributed by atoms with E-state index in [4.69, 9.17) is 0 Å². The van der Waals surface area contributed by atoms with Crippen molar-refractivity contribution in [2.75, 3.05) is 0 Å². The second-order valence-corrected chi connectivity index (χ2v) is 5.59. The average molecular weight is 333 g/mol. The van der Waals surface area contributed by atoms with Gasteiger partial charge in [-0.15, -0.1) is 0 Å². The molecule has 0 amide bonds. The number of hydrogen-bond acceptors (Lipinski definition) is 3. The van der Waals surface area contributed by atoms with Crippen LogP contribution in [0.2, 0.25) is 0 Å². The Morgan fingerprint density at radius 3 is 1.92 bits per heavy atom. The van der Waals surface area contributed by atoms with E-state index in [1.807, 2.05) is 12.2 Å². The molecule has 24 heavy (non-hydrogen) atoms. The lowest BCUT2D eigenvalue weighted by Crippen LogP contribution is -1.96. The second-order valence-electron chi connectivity index (χ2n) is 5.59. The molecule has 0 spiro atoms. The average Bonchev–Trinajstić information content (AvgIpc) is 2.57. The molecule has 0 fully saturated rings. The molecule has 0 radical (unpaired) electrons. The summed E-state index contributed by atoms with van der Waals surface area (Å²) in [6, 6.07) is 0. The fraction of sp³-hybridized carbons (Fsp3) is 0.550. The maximum absolute atomic E-state index is 10.6. The van der Waals surface area contributed by atoms with Gasteiger partial charge in [-0.05, 0) is 44.6 Å². The molecular formula is C20H31NO3. The number of carbonyl (C=O) groups excluding carboxylic acids is 1. The van der Waals surface area contributed by atoms with Gasteiger partial charge in [0.05, 0.1) is 4.92 Å². The predicted octanol–water partition coefficient (Wildman–Crippen LogP) is 5.94. The molecule has 0 aromatic heterocycles. The molecule has 0 unspecified atom stereocenters. The molecule has 0 saturated carbocycles. The number of nitro groups is 1. The van der Waals surface area contributed by atoms with Crippen LogP contribution in [-0.2, 0) is 4.79 Å². The quantitative estimate of drug-likeness (QED) is 0.123. The number of carbonyl (C=O) groups is 1. The van der Waals surface area contributed by atoms with E-state index in [-0.39, 0.29) is 10.6 Å². The van der Waals surface area contributed by atoms with E-state index in [2.05, 4.69) is 24.3 Å². The smallest absolute Gasteiger partial charge is 0.242 e. The van der Waals surface area contributed by atoms with Gasteiger partial charge in [0, 0.05) is 12.8 Å². The van der Waals surface area contributed by atoms with Crippen molar-refractivity contribution in [1.29, 1.82) is 0 Å². The molecular weight excluding hydrogens is 302 g/mol. The van der Waals surface area contributed by atoms with E-state index in [1.54, 1.807) is 13.0 Å². The molecule has 0 aliphatic rings. The van der Waals surface area contributed by atoms with E-state index in [9.17, 15) is 14.9 Å². The lowest BCUT2D eigenvalue weighted by molar-refractivity contribution is -0.427. The number of allylic oxidation sites excluding steroid dienone is 8. The minimum Gasteiger partial charge on any atom is -0.303 e. The van der Waals surface area contributed by atoms with Crippen molar-refractivity contribution in [1.82, 2.24) is 0 Å². The summed E-state index contributed by atoms with van der Waals surface area (Å²) < 4.78 is 0. The molecule has 4 nitrogen and oxygen atoms in total. The summed E-state index contributed by atoms with van der Waals surface area (Å²) in [5.41, 5.74) is 0.282. The minimum atomic E-state index is -0.314. The van der Waals surface area contributed by atoms with E-state index in [0.717, 1.165) is 38.4 Å². The highest BCUT2D eigenvalue weighted by Gasteiger charge is 2.03. The number of unbranched alkanes of at least 4 members (excludes halogenated alkanes) is 5. The highest BCUT2D eigenvalue weighted by Crippen LogP contribution is 2.06. The monoisotopic (exact) mass is 333 g/mol. The van der Waals surface area contributed by atoms with Crippen LogP contribution in [0.25, 0.3) is 0 Å². The number of hydrogen-bond donors (Lipinski definition) is 0. The molecule has 0 aromatic carbocycles. The molecule has 4 heteroatoms. The Morgan fingerprint density at radius 2 is 1.38 bits per heavy atom. The number of nitrogens with zero attached hydrogens (tertiary/aromatic N) is 1. The van der Waals surface area contributed by atoms with Gasteiger partial charge in [0.25, 0.3) is 0 Å². The van der Waals surface area contributed by atoms with Crippen molar-refractivity contribution in [3.8, 4) is 0 Å². The highest BCUT2D eigenvalue weighted by atomic mass is 16.6. The third-order valence-electron chi connectivity index (χ3n) is 3.57. The summed E-state index contributed by atoms with van der Waals surface area (Å²) in [7, 11) is 0. The first-order valence-electron chi connectivity index (χ1n) is 8.94. The van der Waals surface area contributed by atoms with E-state index >= 15 is 0 Å². The van der Waals surface area contributed by atoms with Gasteiger partial charge >= 0.3 is 0 Å². The molecule has 0 bridgehead atoms. The first kappa shape index (κ1) is 22.0. The predicted molar refractivity (Wildman–Crippen MR) is 100 cm³/mol. The van der Waals surface area contributed by atoms with Gasteiger partial charge < -0.3 is 4.79 Å². The Labute approximate surface area is 146 Å². The van der Waals surface area contributed by atoms with Crippen LogP contribution in [-0.4, -0.2) is 11.2 Å². The Balaban J connectivity index is 3.58. The molecule has 0 heterocycles. The first-order chi connectivity index (χ1) is 11.7. The van der Waals surface area contributed by atoms with Crippen LogP contribution in [0.15, 0.2) is 48.2 Å². The molecule has 0 aromatic rings. The van der Waals surface area contributed by atoms with Gasteiger partial charge in [0.2, 0.25) is 5.70 Å². The number of rotatable bonds is 15. The zero-order valence-corrected chi connectivity index (χ0v) is 14.9. The summed E-state index contributed by atoms with van der Waals surface area (Å²) in [6.07, 6.45) is 24.5. The van der Waals surface area contributed by atoms with Crippen LogP contribution in [0.3, 0.4) is 0 Å². The van der Waals surface area contributed by atoms with Gasteiger partial charge in [0.1, 0.15) is 6.29 Å². The van der Waals surface area contributed by atoms with Crippen molar-refractivity contribution in [2.45, 2.75) is 71.1 Å². The van der Waals surface area contributed by atoms with Gasteiger partial charge in [-0.3, -0.25) is 10.1 Å². The standard InChI is InChI=1S/C20H31NO3/c1-2-20(21(23)24)18-16-14-12-10-8-6-4-3-5-7-9-11-13-15-17-19-22/h3,5-6,8,12,14,18-19H,2,4,7,9-11,13,15-17H2,1H3/b5-3-,8-6-,14-12-,20-18+. The van der Waals surface area contributed by atoms with E-state index in [0.29, 0.717) is 19.3 Å². The van der Waals surface area contributed by atoms with Gasteiger partial charge in [-0.2, -0.15) is 0 Å². The molecule has 0 aliphatic carbocycles. The Bertz CT molecular complexity index is 448. The van der Waals surface area contributed by atoms with Crippen molar-refractivity contribution in [2.24, 2.45) is 0 Å². The van der Waals surface area contributed by atoms with Crippen LogP contribution in [0, 0.1) is 10.1 Å². The van der Waals surface area contributed by atoms with Crippen molar-refractivity contribution in [3.63, 3.8) is 0 Å². The summed E-state index contributed by atoms with van der Waals surface area (Å²) in [4.78, 5) is 20.4. The van der Waals surface area contributed by atoms with Crippen LogP contribution >= 0.6 is 0 Å². The third-order valence-corrected chi connectivity index (χ3v) is 3.57. The van der Waals surface area contributed by atoms with Crippen molar-refractivity contribution in [3.05, 3.63) is 58.3 Å². The van der Waals surface area contributed by atoms with Crippen LogP contribution < -0.4 is 0 Å². The molecule has 0 atom stereocenters. The Kier molecular flexibility index (Phi) is 16.0. The fourth-order valence-corrected chi connectivity index (χ4v) is 2.15. The highest BCUT2D eigenvalue weighted by molar-refractivity contribution is 5.48. The topological polar surface area (TPSA) is 60.2 Å². The van der Waals surface area contributed by atoms with Crippen molar-refractivity contribution < 1.29 is 9.72 Å². The van der Waals surface area contributed by atoms with Crippen LogP contribution in [0.4, 0.5) is 0 Å². The SMILES string of the molecule is CC/C(=C\C/C=C\C/C=C\C/C=C\CCCCCCC=O)[N+](=O)[O-]. The second kappa shape index (κ2) is 17.4. The van der Waals surface area contributed by atoms with E-state index in [1.165, 1.54) is 12.8 Å². The normalized spacial score (nSPS) is 12.6. The molecule has 134 valence electrons. The van der Waals surface area contributed by atoms with Gasteiger partial charge in [-0.25, -0.2) is 0 Å². The Morgan fingerprint density at radius 1 is 0.833 bits per heavy atom. The molecule has 0 saturated heterocycles. The zero-order valence-electron chi connectivity index (χ0n) is 14.9. The molecule has 0 rings (SSSR count). The lowest BCUT2D eigenvalue weighted by Gasteiger charge is -1.95. The third kappa shape index (κ3) is 14.9. The first-order valence-corrected chi connectivity index (χ1v) is 8.94. The fourth-order valence-electron chi connectivity index (χ4n) is 2.15. The summed E-state index contributed by atoms with van der Waals surface area (Å²) in [6.45, 7) is 1.79. The molecule has 0 N–H and O–H groups in total. The largest absolute Gasteiger partial charge is 0.303 e. The Hall–Kier alpha value is -1.97. The van der Waals surface area contributed by atoms with Gasteiger partial charge in [0.15, 0.2) is 0 Å².